The Morgan fingerprint density at radius 1 is 1.36 bits per heavy atom. The van der Waals surface area contributed by atoms with Crippen LogP contribution in [0.4, 0.5) is 10.1 Å². The Labute approximate surface area is 64.3 Å². The molecule has 1 nitrogen and oxygen atoms in total. The number of nitrogen functional groups attached to an aromatic ring is 1. The number of nitrogens with two attached hydrogens (primary N) is 1. The standard InChI is InChI=1S/C9H8FN/c10-7-4-6-2-1-3-8(6)9(11)5-7/h1,3-5H,2,11H2. The summed E-state index contributed by atoms with van der Waals surface area (Å²) in [5.74, 6) is -0.245. The summed E-state index contributed by atoms with van der Waals surface area (Å²) in [6, 6.07) is 2.89. The highest BCUT2D eigenvalue weighted by Crippen LogP contribution is 2.25. The highest BCUT2D eigenvalue weighted by atomic mass is 19.1. The first kappa shape index (κ1) is 6.40. The van der Waals surface area contributed by atoms with Gasteiger partial charge in [-0.1, -0.05) is 12.2 Å². The van der Waals surface area contributed by atoms with E-state index in [4.69, 9.17) is 5.73 Å². The Kier molecular flexibility index (Phi) is 1.22. The Bertz CT molecular complexity index is 329. The molecule has 0 aliphatic heterocycles. The van der Waals surface area contributed by atoms with Gasteiger partial charge in [-0.2, -0.15) is 0 Å². The van der Waals surface area contributed by atoms with E-state index in [1.54, 1.807) is 0 Å². The van der Waals surface area contributed by atoms with E-state index in [1.807, 2.05) is 12.2 Å². The van der Waals surface area contributed by atoms with Crippen LogP contribution in [0.25, 0.3) is 6.08 Å². The normalized spacial score (nSPS) is 13.5. The van der Waals surface area contributed by atoms with Crippen LogP contribution in [0.5, 0.6) is 0 Å². The summed E-state index contributed by atoms with van der Waals surface area (Å²) in [7, 11) is 0. The van der Waals surface area contributed by atoms with Crippen LogP contribution in [0.1, 0.15) is 11.1 Å². The summed E-state index contributed by atoms with van der Waals surface area (Å²) >= 11 is 0. The summed E-state index contributed by atoms with van der Waals surface area (Å²) < 4.78 is 12.7. The van der Waals surface area contributed by atoms with E-state index in [1.165, 1.54) is 12.1 Å². The van der Waals surface area contributed by atoms with Gasteiger partial charge in [-0.05, 0) is 24.1 Å². The lowest BCUT2D eigenvalue weighted by Crippen LogP contribution is -1.93. The van der Waals surface area contributed by atoms with Crippen molar-refractivity contribution < 1.29 is 4.39 Å². The van der Waals surface area contributed by atoms with Gasteiger partial charge in [-0.25, -0.2) is 4.39 Å². The van der Waals surface area contributed by atoms with Crippen molar-refractivity contribution in [2.75, 3.05) is 5.73 Å². The van der Waals surface area contributed by atoms with Crippen LogP contribution >= 0.6 is 0 Å². The summed E-state index contributed by atoms with van der Waals surface area (Å²) in [4.78, 5) is 0. The largest absolute Gasteiger partial charge is 0.398 e. The maximum atomic E-state index is 12.7. The Morgan fingerprint density at radius 3 is 3.00 bits per heavy atom. The molecular formula is C9H8FN. The van der Waals surface area contributed by atoms with Crippen molar-refractivity contribution >= 4 is 11.8 Å². The van der Waals surface area contributed by atoms with Crippen molar-refractivity contribution in [1.29, 1.82) is 0 Å². The second kappa shape index (κ2) is 2.09. The minimum atomic E-state index is -0.245. The number of anilines is 1. The second-order valence-corrected chi connectivity index (χ2v) is 2.67. The van der Waals surface area contributed by atoms with Gasteiger partial charge in [0.1, 0.15) is 5.82 Å². The molecule has 0 heterocycles. The third-order valence-corrected chi connectivity index (χ3v) is 1.88. The van der Waals surface area contributed by atoms with Crippen molar-refractivity contribution in [2.45, 2.75) is 6.42 Å². The first-order valence-corrected chi connectivity index (χ1v) is 3.52. The summed E-state index contributed by atoms with van der Waals surface area (Å²) in [5, 5.41) is 0. The molecule has 0 saturated carbocycles. The first-order valence-electron chi connectivity index (χ1n) is 3.52. The van der Waals surface area contributed by atoms with E-state index >= 15 is 0 Å². The fraction of sp³-hybridized carbons (Fsp3) is 0.111. The summed E-state index contributed by atoms with van der Waals surface area (Å²) in [6.07, 6.45) is 4.72. The maximum absolute atomic E-state index is 12.7. The van der Waals surface area contributed by atoms with Crippen LogP contribution in [-0.2, 0) is 6.42 Å². The lowest BCUT2D eigenvalue weighted by molar-refractivity contribution is 0.627. The highest BCUT2D eigenvalue weighted by Gasteiger charge is 2.09. The molecule has 0 fully saturated rings. The zero-order valence-electron chi connectivity index (χ0n) is 5.97. The number of allylic oxidation sites excluding steroid dienone is 1. The molecule has 1 aliphatic carbocycles. The quantitative estimate of drug-likeness (QED) is 0.561. The maximum Gasteiger partial charge on any atom is 0.125 e. The van der Waals surface area contributed by atoms with Crippen LogP contribution in [0, 0.1) is 5.82 Å². The number of benzene rings is 1. The lowest BCUT2D eigenvalue weighted by atomic mass is 10.1. The zero-order chi connectivity index (χ0) is 7.84. The van der Waals surface area contributed by atoms with Gasteiger partial charge in [0.15, 0.2) is 0 Å². The molecule has 0 aromatic heterocycles. The van der Waals surface area contributed by atoms with Gasteiger partial charge in [0.25, 0.3) is 0 Å². The molecule has 0 radical (unpaired) electrons. The van der Waals surface area contributed by atoms with Crippen LogP contribution in [0.3, 0.4) is 0 Å². The van der Waals surface area contributed by atoms with E-state index < -0.39 is 0 Å². The van der Waals surface area contributed by atoms with Gasteiger partial charge in [0.2, 0.25) is 0 Å². The Balaban J connectivity index is 2.67. The van der Waals surface area contributed by atoms with Gasteiger partial charge in [-0.15, -0.1) is 0 Å². The predicted octanol–water partition coefficient (Wildman–Crippen LogP) is 1.98. The fourth-order valence-electron chi connectivity index (χ4n) is 1.37. The minimum Gasteiger partial charge on any atom is -0.398 e. The number of fused-ring (bicyclic) bond motifs is 1. The number of rotatable bonds is 0. The van der Waals surface area contributed by atoms with E-state index in [9.17, 15) is 4.39 Å². The third-order valence-electron chi connectivity index (χ3n) is 1.88. The molecule has 2 heteroatoms. The third kappa shape index (κ3) is 0.909. The molecule has 1 aromatic carbocycles. The summed E-state index contributed by atoms with van der Waals surface area (Å²) in [6.45, 7) is 0. The first-order chi connectivity index (χ1) is 5.27. The lowest BCUT2D eigenvalue weighted by Gasteiger charge is -2.01. The van der Waals surface area contributed by atoms with Crippen molar-refractivity contribution in [1.82, 2.24) is 0 Å². The monoisotopic (exact) mass is 149 g/mol. The van der Waals surface area contributed by atoms with Crippen molar-refractivity contribution in [3.05, 3.63) is 35.2 Å². The molecule has 2 N–H and O–H groups in total. The van der Waals surface area contributed by atoms with Crippen LogP contribution < -0.4 is 5.73 Å². The highest BCUT2D eigenvalue weighted by molar-refractivity contribution is 5.71. The molecule has 11 heavy (non-hydrogen) atoms. The molecule has 56 valence electrons. The average molecular weight is 149 g/mol. The number of halogens is 1. The van der Waals surface area contributed by atoms with Crippen LogP contribution in [0.2, 0.25) is 0 Å². The molecule has 0 unspecified atom stereocenters. The molecular weight excluding hydrogens is 141 g/mol. The van der Waals surface area contributed by atoms with Crippen molar-refractivity contribution in [3.63, 3.8) is 0 Å². The smallest absolute Gasteiger partial charge is 0.125 e. The zero-order valence-corrected chi connectivity index (χ0v) is 5.97. The van der Waals surface area contributed by atoms with Crippen LogP contribution in [-0.4, -0.2) is 0 Å². The van der Waals surface area contributed by atoms with E-state index in [2.05, 4.69) is 0 Å². The SMILES string of the molecule is Nc1cc(F)cc2c1C=CC2. The van der Waals surface area contributed by atoms with Gasteiger partial charge in [0, 0.05) is 11.3 Å². The van der Waals surface area contributed by atoms with E-state index in [0.29, 0.717) is 5.69 Å². The van der Waals surface area contributed by atoms with Crippen molar-refractivity contribution in [3.8, 4) is 0 Å². The fourth-order valence-corrected chi connectivity index (χ4v) is 1.37. The Morgan fingerprint density at radius 2 is 2.18 bits per heavy atom. The molecule has 0 saturated heterocycles. The second-order valence-electron chi connectivity index (χ2n) is 2.67. The minimum absolute atomic E-state index is 0.245. The van der Waals surface area contributed by atoms with Gasteiger partial charge in [-0.3, -0.25) is 0 Å². The predicted molar refractivity (Wildman–Crippen MR) is 43.6 cm³/mol. The molecule has 0 bridgehead atoms. The molecule has 1 aromatic rings. The molecule has 0 spiro atoms. The summed E-state index contributed by atoms with van der Waals surface area (Å²) in [5.41, 5.74) is 8.08. The van der Waals surface area contributed by atoms with Gasteiger partial charge in [0.05, 0.1) is 0 Å². The van der Waals surface area contributed by atoms with Gasteiger partial charge >= 0.3 is 0 Å². The average Bonchev–Trinajstić information content (AvgIpc) is 2.34. The topological polar surface area (TPSA) is 26.0 Å². The van der Waals surface area contributed by atoms with Crippen molar-refractivity contribution in [2.24, 2.45) is 0 Å². The molecule has 0 amide bonds. The molecule has 2 rings (SSSR count). The van der Waals surface area contributed by atoms with E-state index in [0.717, 1.165) is 17.5 Å². The molecule has 1 aliphatic rings. The number of hydrogen-bond acceptors (Lipinski definition) is 1. The van der Waals surface area contributed by atoms with Gasteiger partial charge < -0.3 is 5.73 Å². The van der Waals surface area contributed by atoms with E-state index in [-0.39, 0.29) is 5.82 Å². The Hall–Kier alpha value is -1.31. The van der Waals surface area contributed by atoms with Crippen LogP contribution in [0.15, 0.2) is 18.2 Å². The molecule has 0 atom stereocenters. The number of hydrogen-bond donors (Lipinski definition) is 1.